The summed E-state index contributed by atoms with van der Waals surface area (Å²) in [6.07, 6.45) is 2.40. The summed E-state index contributed by atoms with van der Waals surface area (Å²) in [5.41, 5.74) is 5.41. The molecular formula is C34H36Cl2N4O4. The van der Waals surface area contributed by atoms with Crippen LogP contribution in [-0.4, -0.2) is 59.6 Å². The number of hydrogen-bond acceptors (Lipinski definition) is 8. The minimum Gasteiger partial charge on any atom is -0.481 e. The van der Waals surface area contributed by atoms with E-state index in [1.165, 1.54) is 0 Å². The molecular weight excluding hydrogens is 599 g/mol. The highest BCUT2D eigenvalue weighted by molar-refractivity contribution is 6.39. The highest BCUT2D eigenvalue weighted by Crippen LogP contribution is 2.43. The van der Waals surface area contributed by atoms with Crippen molar-refractivity contribution in [3.63, 3.8) is 0 Å². The SMILES string of the molecule is COc1nc(-c2cccc(-c3cccc(-c4ccc([C@H](O)[C@@H]5CCCN5)c(OC)n4)c3Cl)c2Cl)ccc1[C@H](O)C1CCCN1. The fourth-order valence-electron chi connectivity index (χ4n) is 6.25. The van der Waals surface area contributed by atoms with E-state index in [9.17, 15) is 10.2 Å². The summed E-state index contributed by atoms with van der Waals surface area (Å²) in [6, 6.07) is 18.8. The molecule has 8 nitrogen and oxygen atoms in total. The predicted molar refractivity (Wildman–Crippen MR) is 173 cm³/mol. The van der Waals surface area contributed by atoms with E-state index in [1.807, 2.05) is 60.7 Å². The Kier molecular flexibility index (Phi) is 9.37. The lowest BCUT2D eigenvalue weighted by atomic mass is 9.97. The maximum absolute atomic E-state index is 11.0. The van der Waals surface area contributed by atoms with Gasteiger partial charge in [0.15, 0.2) is 0 Å². The van der Waals surface area contributed by atoms with Crippen molar-refractivity contribution in [1.82, 2.24) is 20.6 Å². The van der Waals surface area contributed by atoms with Crippen molar-refractivity contribution in [1.29, 1.82) is 0 Å². The zero-order valence-electron chi connectivity index (χ0n) is 24.7. The molecule has 1 unspecified atom stereocenters. The lowest BCUT2D eigenvalue weighted by Crippen LogP contribution is -2.29. The van der Waals surface area contributed by atoms with Gasteiger partial charge in [-0.2, -0.15) is 0 Å². The second kappa shape index (κ2) is 13.4. The van der Waals surface area contributed by atoms with Crippen LogP contribution in [0.4, 0.5) is 0 Å². The van der Waals surface area contributed by atoms with Crippen LogP contribution in [0.1, 0.15) is 49.0 Å². The van der Waals surface area contributed by atoms with Gasteiger partial charge in [-0.25, -0.2) is 9.97 Å². The third-order valence-corrected chi connectivity index (χ3v) is 9.42. The number of aromatic nitrogens is 2. The van der Waals surface area contributed by atoms with Gasteiger partial charge in [-0.1, -0.05) is 59.6 Å². The van der Waals surface area contributed by atoms with Crippen molar-refractivity contribution in [3.05, 3.63) is 81.8 Å². The van der Waals surface area contributed by atoms with Gasteiger partial charge >= 0.3 is 0 Å². The zero-order valence-corrected chi connectivity index (χ0v) is 26.2. The van der Waals surface area contributed by atoms with E-state index >= 15 is 0 Å². The second-order valence-electron chi connectivity index (χ2n) is 11.2. The first-order chi connectivity index (χ1) is 21.4. The van der Waals surface area contributed by atoms with Crippen LogP contribution >= 0.6 is 23.2 Å². The van der Waals surface area contributed by atoms with E-state index in [1.54, 1.807) is 14.2 Å². The number of hydrogen-bond donors (Lipinski definition) is 4. The van der Waals surface area contributed by atoms with Gasteiger partial charge in [0.1, 0.15) is 0 Å². The molecule has 0 spiro atoms. The molecule has 0 radical (unpaired) electrons. The number of ether oxygens (including phenoxy) is 2. The Morgan fingerprint density at radius 2 is 1.07 bits per heavy atom. The van der Waals surface area contributed by atoms with E-state index in [0.717, 1.165) is 49.9 Å². The quantitative estimate of drug-likeness (QED) is 0.168. The highest BCUT2D eigenvalue weighted by atomic mass is 35.5. The maximum atomic E-state index is 11.0. The molecule has 0 saturated carbocycles. The topological polar surface area (TPSA) is 109 Å². The molecule has 0 aliphatic carbocycles. The molecule has 0 bridgehead atoms. The molecule has 4 heterocycles. The predicted octanol–water partition coefficient (Wildman–Crippen LogP) is 6.37. The van der Waals surface area contributed by atoms with E-state index in [2.05, 4.69) is 10.6 Å². The van der Waals surface area contributed by atoms with Gasteiger partial charge in [0, 0.05) is 45.5 Å². The van der Waals surface area contributed by atoms with Crippen LogP contribution in [0.5, 0.6) is 11.8 Å². The molecule has 2 aliphatic rings. The Morgan fingerprint density at radius 3 is 1.43 bits per heavy atom. The number of nitrogens with zero attached hydrogens (tertiary/aromatic N) is 2. The summed E-state index contributed by atoms with van der Waals surface area (Å²) in [5, 5.41) is 29.6. The van der Waals surface area contributed by atoms with Crippen molar-refractivity contribution < 1.29 is 19.7 Å². The van der Waals surface area contributed by atoms with Crippen molar-refractivity contribution in [2.75, 3.05) is 27.3 Å². The van der Waals surface area contributed by atoms with Gasteiger partial charge in [-0.15, -0.1) is 0 Å². The number of methoxy groups -OCH3 is 2. The Labute approximate surface area is 267 Å². The molecule has 10 heteroatoms. The van der Waals surface area contributed by atoms with Crippen molar-refractivity contribution >= 4 is 23.2 Å². The van der Waals surface area contributed by atoms with Gasteiger partial charge in [0.2, 0.25) is 11.8 Å². The first-order valence-corrected chi connectivity index (χ1v) is 15.7. The van der Waals surface area contributed by atoms with E-state index < -0.39 is 12.2 Å². The van der Waals surface area contributed by atoms with Crippen molar-refractivity contribution in [2.24, 2.45) is 0 Å². The molecule has 6 rings (SSSR count). The fraction of sp³-hybridized carbons (Fsp3) is 0.353. The number of rotatable bonds is 9. The van der Waals surface area contributed by atoms with Gasteiger partial charge in [-0.05, 0) is 63.0 Å². The highest BCUT2D eigenvalue weighted by Gasteiger charge is 2.29. The average Bonchev–Trinajstić information content (AvgIpc) is 3.80. The first-order valence-electron chi connectivity index (χ1n) is 14.9. The summed E-state index contributed by atoms with van der Waals surface area (Å²) in [7, 11) is 3.10. The summed E-state index contributed by atoms with van der Waals surface area (Å²) in [4.78, 5) is 9.46. The van der Waals surface area contributed by atoms with Gasteiger partial charge in [-0.3, -0.25) is 0 Å². The minimum absolute atomic E-state index is 0.0297. The number of pyridine rings is 2. The number of nitrogens with one attached hydrogen (secondary N) is 2. The van der Waals surface area contributed by atoms with Crippen LogP contribution in [-0.2, 0) is 0 Å². The van der Waals surface area contributed by atoms with Gasteiger partial charge in [0.05, 0.1) is 47.9 Å². The van der Waals surface area contributed by atoms with Crippen LogP contribution in [0.2, 0.25) is 10.0 Å². The Balaban J connectivity index is 1.33. The second-order valence-corrected chi connectivity index (χ2v) is 12.0. The number of benzene rings is 2. The van der Waals surface area contributed by atoms with Crippen LogP contribution in [0.15, 0.2) is 60.7 Å². The third-order valence-electron chi connectivity index (χ3n) is 8.60. The Hall–Kier alpha value is -3.24. The average molecular weight is 636 g/mol. The Morgan fingerprint density at radius 1 is 0.659 bits per heavy atom. The first kappa shape index (κ1) is 30.8. The molecule has 230 valence electrons. The summed E-state index contributed by atoms with van der Waals surface area (Å²) in [5.74, 6) is 0.727. The zero-order chi connectivity index (χ0) is 30.8. The molecule has 2 saturated heterocycles. The van der Waals surface area contributed by atoms with Crippen LogP contribution in [0.3, 0.4) is 0 Å². The van der Waals surface area contributed by atoms with E-state index in [0.29, 0.717) is 55.4 Å². The van der Waals surface area contributed by atoms with Gasteiger partial charge < -0.3 is 30.3 Å². The van der Waals surface area contributed by atoms with Crippen LogP contribution < -0.4 is 20.1 Å². The maximum Gasteiger partial charge on any atom is 0.219 e. The third kappa shape index (κ3) is 5.90. The molecule has 4 atom stereocenters. The number of halogens is 2. The molecule has 2 aliphatic heterocycles. The summed E-state index contributed by atoms with van der Waals surface area (Å²) >= 11 is 14.1. The summed E-state index contributed by atoms with van der Waals surface area (Å²) < 4.78 is 11.2. The smallest absolute Gasteiger partial charge is 0.219 e. The van der Waals surface area contributed by atoms with Gasteiger partial charge in [0.25, 0.3) is 0 Å². The largest absolute Gasteiger partial charge is 0.481 e. The lowest BCUT2D eigenvalue weighted by Gasteiger charge is -2.21. The summed E-state index contributed by atoms with van der Waals surface area (Å²) in [6.45, 7) is 1.77. The fourth-order valence-corrected chi connectivity index (χ4v) is 6.90. The molecule has 44 heavy (non-hydrogen) atoms. The standard InChI is InChI=1S/C34H36Cl2N4O4/c1-43-33-23(31(41)27-11-5-17-37-27)13-15-25(39-33)21-9-3-7-19(29(21)35)20-8-4-10-22(30(20)36)26-16-14-24(34(40-26)44-2)32(42)28-12-6-18-38-28/h3-4,7-10,13-16,27-28,31-32,37-38,41-42H,5-6,11-12,17-18H2,1-2H3/t27-,28?,31-,32-/m0/s1. The van der Waals surface area contributed by atoms with Crippen LogP contribution in [0, 0.1) is 0 Å². The normalized spacial score (nSPS) is 19.6. The van der Waals surface area contributed by atoms with Crippen LogP contribution in [0.25, 0.3) is 33.6 Å². The monoisotopic (exact) mass is 634 g/mol. The molecule has 2 aromatic heterocycles. The lowest BCUT2D eigenvalue weighted by molar-refractivity contribution is 0.133. The molecule has 4 aromatic rings. The van der Waals surface area contributed by atoms with E-state index in [-0.39, 0.29) is 12.1 Å². The molecule has 2 fully saturated rings. The number of aliphatic hydroxyl groups is 2. The molecule has 4 N–H and O–H groups in total. The number of aliphatic hydroxyl groups excluding tert-OH is 2. The molecule has 2 aromatic carbocycles. The minimum atomic E-state index is -0.721. The van der Waals surface area contributed by atoms with Crippen molar-refractivity contribution in [3.8, 4) is 45.4 Å². The van der Waals surface area contributed by atoms with Crippen molar-refractivity contribution in [2.45, 2.75) is 50.0 Å². The molecule has 0 amide bonds. The Bertz CT molecular complexity index is 1520. The van der Waals surface area contributed by atoms with E-state index in [4.69, 9.17) is 42.6 Å².